The fourth-order valence-electron chi connectivity index (χ4n) is 3.26. The SMILES string of the molecule is CC(C)(C)OC(=O)NCC(=O)N1[C@H](C(=O)N[C@@H](CCC(=O)O)C(=O)O)CCC1(C)C. The maximum absolute atomic E-state index is 12.8. The number of carbonyl (C=O) groups excluding carboxylic acids is 3. The minimum absolute atomic E-state index is 0.277. The summed E-state index contributed by atoms with van der Waals surface area (Å²) in [5.41, 5.74) is -1.42. The second-order valence-corrected chi connectivity index (χ2v) is 8.82. The highest BCUT2D eigenvalue weighted by atomic mass is 16.6. The average molecular weight is 429 g/mol. The van der Waals surface area contributed by atoms with Gasteiger partial charge in [-0.1, -0.05) is 0 Å². The van der Waals surface area contributed by atoms with E-state index in [1.165, 1.54) is 4.90 Å². The molecule has 1 rings (SSSR count). The van der Waals surface area contributed by atoms with Crippen LogP contribution in [0.4, 0.5) is 4.79 Å². The van der Waals surface area contributed by atoms with E-state index in [-0.39, 0.29) is 13.0 Å². The summed E-state index contributed by atoms with van der Waals surface area (Å²) in [6, 6.07) is -2.31. The number of ether oxygens (including phenoxy) is 1. The van der Waals surface area contributed by atoms with Crippen molar-refractivity contribution in [2.75, 3.05) is 6.54 Å². The van der Waals surface area contributed by atoms with Gasteiger partial charge in [-0.3, -0.25) is 14.4 Å². The summed E-state index contributed by atoms with van der Waals surface area (Å²) in [5, 5.41) is 22.7. The summed E-state index contributed by atoms with van der Waals surface area (Å²) in [7, 11) is 0. The molecule has 170 valence electrons. The van der Waals surface area contributed by atoms with Crippen molar-refractivity contribution in [3.63, 3.8) is 0 Å². The highest BCUT2D eigenvalue weighted by molar-refractivity contribution is 5.92. The number of carboxylic acids is 2. The number of likely N-dealkylation sites (tertiary alicyclic amines) is 1. The summed E-state index contributed by atoms with van der Waals surface area (Å²) in [6.07, 6.45) is -0.664. The normalized spacial score (nSPS) is 19.0. The molecule has 3 amide bonds. The Kier molecular flexibility index (Phi) is 8.20. The molecule has 1 saturated heterocycles. The Hall–Kier alpha value is -2.85. The molecule has 11 heteroatoms. The van der Waals surface area contributed by atoms with E-state index in [1.807, 2.05) is 0 Å². The first-order valence-electron chi connectivity index (χ1n) is 9.68. The molecule has 0 aromatic heterocycles. The van der Waals surface area contributed by atoms with Crippen LogP contribution in [0, 0.1) is 0 Å². The number of rotatable bonds is 8. The van der Waals surface area contributed by atoms with Crippen molar-refractivity contribution in [3.8, 4) is 0 Å². The van der Waals surface area contributed by atoms with Gasteiger partial charge in [0, 0.05) is 12.0 Å². The molecule has 1 fully saturated rings. The number of carboxylic acid groups (broad SMARTS) is 2. The van der Waals surface area contributed by atoms with E-state index in [0.717, 1.165) is 0 Å². The molecule has 0 unspecified atom stereocenters. The number of nitrogens with zero attached hydrogens (tertiary/aromatic N) is 1. The topological polar surface area (TPSA) is 162 Å². The van der Waals surface area contributed by atoms with Gasteiger partial charge in [0.1, 0.15) is 24.2 Å². The molecule has 0 spiro atoms. The second kappa shape index (κ2) is 9.77. The number of amides is 3. The maximum Gasteiger partial charge on any atom is 0.408 e. The van der Waals surface area contributed by atoms with Crippen molar-refractivity contribution in [2.24, 2.45) is 0 Å². The lowest BCUT2D eigenvalue weighted by Crippen LogP contribution is -2.57. The predicted molar refractivity (Wildman–Crippen MR) is 105 cm³/mol. The third-order valence-corrected chi connectivity index (χ3v) is 4.61. The van der Waals surface area contributed by atoms with Gasteiger partial charge >= 0.3 is 18.0 Å². The highest BCUT2D eigenvalue weighted by Crippen LogP contribution is 2.33. The van der Waals surface area contributed by atoms with Crippen LogP contribution in [0.5, 0.6) is 0 Å². The average Bonchev–Trinajstić information content (AvgIpc) is 2.89. The predicted octanol–water partition coefficient (Wildman–Crippen LogP) is 0.715. The number of alkyl carbamates (subject to hydrolysis) is 1. The van der Waals surface area contributed by atoms with Crippen LogP contribution in [0.25, 0.3) is 0 Å². The maximum atomic E-state index is 12.8. The molecule has 0 aromatic rings. The lowest BCUT2D eigenvalue weighted by atomic mass is 10.0. The van der Waals surface area contributed by atoms with Crippen LogP contribution in [-0.2, 0) is 23.9 Å². The van der Waals surface area contributed by atoms with E-state index in [4.69, 9.17) is 9.84 Å². The van der Waals surface area contributed by atoms with Gasteiger partial charge in [0.25, 0.3) is 0 Å². The van der Waals surface area contributed by atoms with Gasteiger partial charge in [-0.2, -0.15) is 0 Å². The van der Waals surface area contributed by atoms with Gasteiger partial charge in [-0.25, -0.2) is 9.59 Å². The third kappa shape index (κ3) is 7.53. The van der Waals surface area contributed by atoms with Crippen LogP contribution in [0.15, 0.2) is 0 Å². The molecule has 1 aliphatic rings. The van der Waals surface area contributed by atoms with Crippen LogP contribution in [0.3, 0.4) is 0 Å². The molecule has 0 saturated carbocycles. The van der Waals surface area contributed by atoms with Gasteiger partial charge in [0.2, 0.25) is 11.8 Å². The van der Waals surface area contributed by atoms with Crippen molar-refractivity contribution in [1.29, 1.82) is 0 Å². The molecule has 0 radical (unpaired) electrons. The monoisotopic (exact) mass is 429 g/mol. The quantitative estimate of drug-likeness (QED) is 0.438. The van der Waals surface area contributed by atoms with Gasteiger partial charge in [0.05, 0.1) is 0 Å². The smallest absolute Gasteiger partial charge is 0.408 e. The van der Waals surface area contributed by atoms with Crippen molar-refractivity contribution in [2.45, 2.75) is 83.5 Å². The van der Waals surface area contributed by atoms with Crippen LogP contribution in [0.2, 0.25) is 0 Å². The van der Waals surface area contributed by atoms with Crippen LogP contribution in [-0.4, -0.2) is 74.7 Å². The minimum Gasteiger partial charge on any atom is -0.481 e. The molecule has 1 heterocycles. The zero-order chi connectivity index (χ0) is 23.3. The van der Waals surface area contributed by atoms with E-state index in [9.17, 15) is 29.1 Å². The summed E-state index contributed by atoms with van der Waals surface area (Å²) in [5.74, 6) is -3.72. The molecule has 0 aliphatic carbocycles. The van der Waals surface area contributed by atoms with Crippen molar-refractivity contribution >= 4 is 29.8 Å². The molecule has 30 heavy (non-hydrogen) atoms. The largest absolute Gasteiger partial charge is 0.481 e. The van der Waals surface area contributed by atoms with Crippen molar-refractivity contribution in [1.82, 2.24) is 15.5 Å². The molecule has 4 N–H and O–H groups in total. The Morgan fingerprint density at radius 1 is 1.17 bits per heavy atom. The van der Waals surface area contributed by atoms with E-state index in [0.29, 0.717) is 12.8 Å². The molecule has 1 aliphatic heterocycles. The Morgan fingerprint density at radius 3 is 2.27 bits per heavy atom. The molecule has 2 atom stereocenters. The number of aliphatic carboxylic acids is 2. The Morgan fingerprint density at radius 2 is 1.77 bits per heavy atom. The number of hydrogen-bond acceptors (Lipinski definition) is 6. The lowest BCUT2D eigenvalue weighted by molar-refractivity contribution is -0.146. The summed E-state index contributed by atoms with van der Waals surface area (Å²) in [6.45, 7) is 8.20. The zero-order valence-electron chi connectivity index (χ0n) is 18.0. The Labute approximate surface area is 175 Å². The van der Waals surface area contributed by atoms with Crippen LogP contribution >= 0.6 is 0 Å². The third-order valence-electron chi connectivity index (χ3n) is 4.61. The number of hydrogen-bond donors (Lipinski definition) is 4. The summed E-state index contributed by atoms with van der Waals surface area (Å²) in [4.78, 5) is 60.7. The number of carbonyl (C=O) groups is 5. The number of nitrogens with one attached hydrogen (secondary N) is 2. The first kappa shape index (κ1) is 25.2. The second-order valence-electron chi connectivity index (χ2n) is 8.82. The zero-order valence-corrected chi connectivity index (χ0v) is 18.0. The van der Waals surface area contributed by atoms with Crippen molar-refractivity contribution in [3.05, 3.63) is 0 Å². The van der Waals surface area contributed by atoms with E-state index < -0.39 is 59.5 Å². The first-order chi connectivity index (χ1) is 13.6. The van der Waals surface area contributed by atoms with E-state index >= 15 is 0 Å². The molecule has 0 bridgehead atoms. The lowest BCUT2D eigenvalue weighted by Gasteiger charge is -2.35. The fraction of sp³-hybridized carbons (Fsp3) is 0.737. The van der Waals surface area contributed by atoms with E-state index in [2.05, 4.69) is 10.6 Å². The molecule has 0 aromatic carbocycles. The fourth-order valence-corrected chi connectivity index (χ4v) is 3.26. The van der Waals surface area contributed by atoms with Gasteiger partial charge in [0.15, 0.2) is 0 Å². The summed E-state index contributed by atoms with van der Waals surface area (Å²) >= 11 is 0. The van der Waals surface area contributed by atoms with Crippen LogP contribution in [0.1, 0.15) is 60.3 Å². The van der Waals surface area contributed by atoms with Crippen LogP contribution < -0.4 is 10.6 Å². The van der Waals surface area contributed by atoms with Gasteiger partial charge in [-0.05, 0) is 53.9 Å². The minimum atomic E-state index is -1.38. The Balaban J connectivity index is 2.84. The van der Waals surface area contributed by atoms with Crippen molar-refractivity contribution < 1.29 is 38.9 Å². The van der Waals surface area contributed by atoms with E-state index in [1.54, 1.807) is 34.6 Å². The first-order valence-corrected chi connectivity index (χ1v) is 9.68. The Bertz CT molecular complexity index is 698. The standard InChI is InChI=1S/C19H31N3O8/c1-18(2,3)30-17(29)20-10-13(23)22-12(8-9-19(22,4)5)15(26)21-11(16(27)28)6-7-14(24)25/h11-12H,6-10H2,1-5H3,(H,20,29)(H,21,26)(H,24,25)(H,27,28)/t11-,12-/m0/s1. The molecule has 11 nitrogen and oxygen atoms in total. The molecular weight excluding hydrogens is 398 g/mol. The van der Waals surface area contributed by atoms with Gasteiger partial charge in [-0.15, -0.1) is 0 Å². The summed E-state index contributed by atoms with van der Waals surface area (Å²) < 4.78 is 5.09. The highest BCUT2D eigenvalue weighted by Gasteiger charge is 2.46. The van der Waals surface area contributed by atoms with Gasteiger partial charge < -0.3 is 30.5 Å². The molecular formula is C19H31N3O8.